The standard InChI is InChI=1S/C31H26N4O4S/c32-29(37)25-13-7-8-14-26(25)34-28(36)20-40-24-17-15-23(16-18-24)33-31(39)27(19-21-9-3-1-4-10-21)35-30(38)22-11-5-2-6-12-22/h1-19H,20H2,(H2,32,37)(H,33,39)(H,34,36)(H,35,38)/b27-19-. The van der Waals surface area contributed by atoms with Gasteiger partial charge in [-0.2, -0.15) is 0 Å². The van der Waals surface area contributed by atoms with E-state index in [2.05, 4.69) is 16.0 Å². The smallest absolute Gasteiger partial charge is 0.272 e. The van der Waals surface area contributed by atoms with Crippen LogP contribution < -0.4 is 21.7 Å². The number of carbonyl (C=O) groups excluding carboxylic acids is 4. The first-order valence-corrected chi connectivity index (χ1v) is 13.2. The Balaban J connectivity index is 1.39. The summed E-state index contributed by atoms with van der Waals surface area (Å²) in [6.07, 6.45) is 1.61. The lowest BCUT2D eigenvalue weighted by Gasteiger charge is -2.12. The average molecular weight is 551 g/mol. The molecular formula is C31H26N4O4S. The highest BCUT2D eigenvalue weighted by Crippen LogP contribution is 2.22. The molecule has 0 atom stereocenters. The normalized spacial score (nSPS) is 10.8. The highest BCUT2D eigenvalue weighted by molar-refractivity contribution is 8.00. The second-order valence-electron chi connectivity index (χ2n) is 8.51. The van der Waals surface area contributed by atoms with Gasteiger partial charge in [-0.3, -0.25) is 19.2 Å². The molecule has 4 rings (SSSR count). The highest BCUT2D eigenvalue weighted by Gasteiger charge is 2.15. The molecule has 200 valence electrons. The topological polar surface area (TPSA) is 130 Å². The molecule has 0 radical (unpaired) electrons. The van der Waals surface area contributed by atoms with Crippen molar-refractivity contribution in [1.82, 2.24) is 5.32 Å². The molecule has 4 aromatic carbocycles. The zero-order valence-electron chi connectivity index (χ0n) is 21.3. The fraction of sp³-hybridized carbons (Fsp3) is 0.0323. The van der Waals surface area contributed by atoms with Gasteiger partial charge in [0.25, 0.3) is 17.7 Å². The number of hydrogen-bond acceptors (Lipinski definition) is 5. The summed E-state index contributed by atoms with van der Waals surface area (Å²) in [4.78, 5) is 50.7. The first kappa shape index (κ1) is 27.9. The Morgan fingerprint density at radius 2 is 1.35 bits per heavy atom. The van der Waals surface area contributed by atoms with Crippen molar-refractivity contribution in [3.8, 4) is 0 Å². The van der Waals surface area contributed by atoms with Crippen molar-refractivity contribution in [1.29, 1.82) is 0 Å². The Bertz CT molecular complexity index is 1540. The summed E-state index contributed by atoms with van der Waals surface area (Å²) in [5.41, 5.74) is 7.75. The Hall–Kier alpha value is -5.15. The lowest BCUT2D eigenvalue weighted by atomic mass is 10.1. The summed E-state index contributed by atoms with van der Waals surface area (Å²) < 4.78 is 0. The summed E-state index contributed by atoms with van der Waals surface area (Å²) >= 11 is 1.29. The van der Waals surface area contributed by atoms with Crippen LogP contribution in [-0.4, -0.2) is 29.4 Å². The van der Waals surface area contributed by atoms with Crippen LogP contribution in [0, 0.1) is 0 Å². The summed E-state index contributed by atoms with van der Waals surface area (Å²) in [5.74, 6) is -1.69. The zero-order valence-corrected chi connectivity index (χ0v) is 22.1. The number of rotatable bonds is 10. The number of hydrogen-bond donors (Lipinski definition) is 4. The van der Waals surface area contributed by atoms with Crippen molar-refractivity contribution >= 4 is 52.8 Å². The van der Waals surface area contributed by atoms with E-state index < -0.39 is 17.7 Å². The van der Waals surface area contributed by atoms with Gasteiger partial charge in [-0.25, -0.2) is 0 Å². The minimum atomic E-state index is -0.623. The van der Waals surface area contributed by atoms with E-state index in [1.807, 2.05) is 36.4 Å². The molecule has 0 aliphatic heterocycles. The number of primary amides is 1. The van der Waals surface area contributed by atoms with Gasteiger partial charge in [-0.15, -0.1) is 11.8 Å². The van der Waals surface area contributed by atoms with Gasteiger partial charge in [0.15, 0.2) is 0 Å². The van der Waals surface area contributed by atoms with Crippen LogP contribution in [0.15, 0.2) is 120 Å². The summed E-state index contributed by atoms with van der Waals surface area (Å²) in [6.45, 7) is 0. The largest absolute Gasteiger partial charge is 0.366 e. The Morgan fingerprint density at radius 3 is 2.02 bits per heavy atom. The first-order valence-electron chi connectivity index (χ1n) is 12.2. The SMILES string of the molecule is NC(=O)c1ccccc1NC(=O)CSc1ccc(NC(=O)/C(=C/c2ccccc2)NC(=O)c2ccccc2)cc1. The maximum Gasteiger partial charge on any atom is 0.272 e. The minimum Gasteiger partial charge on any atom is -0.366 e. The van der Waals surface area contributed by atoms with Gasteiger partial charge in [-0.05, 0) is 60.2 Å². The maximum absolute atomic E-state index is 13.1. The Labute approximate surface area is 235 Å². The predicted octanol–water partition coefficient (Wildman–Crippen LogP) is 4.93. The van der Waals surface area contributed by atoms with Crippen molar-refractivity contribution in [2.24, 2.45) is 5.73 Å². The number of benzene rings is 4. The van der Waals surface area contributed by atoms with E-state index in [-0.39, 0.29) is 22.9 Å². The predicted molar refractivity (Wildman–Crippen MR) is 158 cm³/mol. The maximum atomic E-state index is 13.1. The van der Waals surface area contributed by atoms with E-state index in [1.165, 1.54) is 11.8 Å². The van der Waals surface area contributed by atoms with Gasteiger partial charge in [0.2, 0.25) is 5.91 Å². The van der Waals surface area contributed by atoms with Crippen LogP contribution in [0.3, 0.4) is 0 Å². The monoisotopic (exact) mass is 550 g/mol. The highest BCUT2D eigenvalue weighted by atomic mass is 32.2. The molecule has 40 heavy (non-hydrogen) atoms. The van der Waals surface area contributed by atoms with E-state index in [0.717, 1.165) is 10.5 Å². The van der Waals surface area contributed by atoms with Crippen molar-refractivity contribution in [3.63, 3.8) is 0 Å². The third-order valence-electron chi connectivity index (χ3n) is 5.59. The molecule has 5 N–H and O–H groups in total. The number of carbonyl (C=O) groups is 4. The zero-order chi connectivity index (χ0) is 28.3. The first-order chi connectivity index (χ1) is 19.4. The van der Waals surface area contributed by atoms with Crippen LogP contribution >= 0.6 is 11.8 Å². The van der Waals surface area contributed by atoms with Gasteiger partial charge >= 0.3 is 0 Å². The molecule has 0 spiro atoms. The van der Waals surface area contributed by atoms with Crippen molar-refractivity contribution < 1.29 is 19.2 Å². The minimum absolute atomic E-state index is 0.0893. The summed E-state index contributed by atoms with van der Waals surface area (Å²) in [7, 11) is 0. The number of nitrogens with one attached hydrogen (secondary N) is 3. The molecule has 0 unspecified atom stereocenters. The molecule has 0 aliphatic rings. The van der Waals surface area contributed by atoms with E-state index in [0.29, 0.717) is 16.9 Å². The van der Waals surface area contributed by atoms with E-state index in [4.69, 9.17) is 5.73 Å². The number of amides is 4. The second-order valence-corrected chi connectivity index (χ2v) is 9.56. The lowest BCUT2D eigenvalue weighted by molar-refractivity contribution is -0.114. The van der Waals surface area contributed by atoms with E-state index in [1.54, 1.807) is 78.9 Å². The molecule has 0 bridgehead atoms. The molecule has 0 aliphatic carbocycles. The third-order valence-corrected chi connectivity index (χ3v) is 6.60. The van der Waals surface area contributed by atoms with Gasteiger partial charge in [0, 0.05) is 16.1 Å². The van der Waals surface area contributed by atoms with Gasteiger partial charge in [-0.1, -0.05) is 60.7 Å². The molecule has 4 amide bonds. The summed E-state index contributed by atoms with van der Waals surface area (Å²) in [5, 5.41) is 8.22. The van der Waals surface area contributed by atoms with Crippen molar-refractivity contribution in [3.05, 3.63) is 132 Å². The van der Waals surface area contributed by atoms with Crippen LogP contribution in [0.1, 0.15) is 26.3 Å². The molecule has 0 fully saturated rings. The molecule has 0 saturated carbocycles. The van der Waals surface area contributed by atoms with Gasteiger partial charge in [0.05, 0.1) is 17.0 Å². The summed E-state index contributed by atoms with van der Waals surface area (Å²) in [6, 6.07) is 31.3. The average Bonchev–Trinajstić information content (AvgIpc) is 2.97. The van der Waals surface area contributed by atoms with Crippen LogP contribution in [0.25, 0.3) is 6.08 Å². The number of nitrogens with two attached hydrogens (primary N) is 1. The van der Waals surface area contributed by atoms with Crippen molar-refractivity contribution in [2.45, 2.75) is 4.90 Å². The lowest BCUT2D eigenvalue weighted by Crippen LogP contribution is -2.30. The Morgan fingerprint density at radius 1 is 0.725 bits per heavy atom. The Kier molecular flexibility index (Phi) is 9.47. The number of anilines is 2. The molecule has 0 heterocycles. The van der Waals surface area contributed by atoms with Crippen LogP contribution in [0.5, 0.6) is 0 Å². The molecule has 0 aromatic heterocycles. The van der Waals surface area contributed by atoms with Crippen LogP contribution in [-0.2, 0) is 9.59 Å². The van der Waals surface area contributed by atoms with Crippen LogP contribution in [0.4, 0.5) is 11.4 Å². The fourth-order valence-corrected chi connectivity index (χ4v) is 4.33. The molecular weight excluding hydrogens is 524 g/mol. The molecule has 9 heteroatoms. The molecule has 4 aromatic rings. The fourth-order valence-electron chi connectivity index (χ4n) is 3.63. The number of thioether (sulfide) groups is 1. The van der Waals surface area contributed by atoms with E-state index >= 15 is 0 Å². The third kappa shape index (κ3) is 7.92. The van der Waals surface area contributed by atoms with Crippen molar-refractivity contribution in [2.75, 3.05) is 16.4 Å². The van der Waals surface area contributed by atoms with Gasteiger partial charge in [0.1, 0.15) is 5.70 Å². The number of para-hydroxylation sites is 1. The van der Waals surface area contributed by atoms with Crippen LogP contribution in [0.2, 0.25) is 0 Å². The molecule has 8 nitrogen and oxygen atoms in total. The van der Waals surface area contributed by atoms with Gasteiger partial charge < -0.3 is 21.7 Å². The molecule has 0 saturated heterocycles. The second kappa shape index (κ2) is 13.6. The van der Waals surface area contributed by atoms with E-state index in [9.17, 15) is 19.2 Å². The quantitative estimate of drug-likeness (QED) is 0.164.